The highest BCUT2D eigenvalue weighted by molar-refractivity contribution is 7.99. The number of anilines is 1. The number of carbonyl (C=O) groups excluding carboxylic acids is 1. The summed E-state index contributed by atoms with van der Waals surface area (Å²) in [7, 11) is 0. The van der Waals surface area contributed by atoms with Crippen molar-refractivity contribution in [3.63, 3.8) is 0 Å². The molecule has 0 saturated carbocycles. The first kappa shape index (κ1) is 12.9. The molecule has 6 heteroatoms. The molecule has 92 valence electrons. The molecule has 1 amide bonds. The largest absolute Gasteiger partial charge is 0.397 e. The van der Waals surface area contributed by atoms with Crippen molar-refractivity contribution in [1.29, 1.82) is 0 Å². The number of rotatable bonds is 2. The molecule has 3 nitrogen and oxygen atoms in total. The van der Waals surface area contributed by atoms with E-state index in [-0.39, 0.29) is 11.9 Å². The number of thioether (sulfide) groups is 1. The molecule has 0 bridgehead atoms. The fourth-order valence-electron chi connectivity index (χ4n) is 1.66. The van der Waals surface area contributed by atoms with Gasteiger partial charge in [-0.1, -0.05) is 23.2 Å². The Bertz CT molecular complexity index is 424. The highest BCUT2D eigenvalue weighted by Gasteiger charge is 2.19. The summed E-state index contributed by atoms with van der Waals surface area (Å²) in [6.45, 7) is 0. The van der Waals surface area contributed by atoms with E-state index in [9.17, 15) is 4.79 Å². The summed E-state index contributed by atoms with van der Waals surface area (Å²) in [4.78, 5) is 11.9. The second kappa shape index (κ2) is 5.38. The zero-order valence-electron chi connectivity index (χ0n) is 9.00. The van der Waals surface area contributed by atoms with E-state index >= 15 is 0 Å². The first-order valence-electron chi connectivity index (χ1n) is 5.21. The van der Waals surface area contributed by atoms with Crippen molar-refractivity contribution in [2.75, 3.05) is 17.2 Å². The Morgan fingerprint density at radius 3 is 2.82 bits per heavy atom. The maximum Gasteiger partial charge on any atom is 0.251 e. The topological polar surface area (TPSA) is 55.1 Å². The molecule has 2 rings (SSSR count). The molecule has 1 aromatic rings. The SMILES string of the molecule is Nc1cc(C(=O)NC2CCSC2)cc(Cl)c1Cl. The number of hydrogen-bond donors (Lipinski definition) is 2. The summed E-state index contributed by atoms with van der Waals surface area (Å²) >= 11 is 13.6. The second-order valence-corrected chi connectivity index (χ2v) is 5.83. The molecule has 0 spiro atoms. The van der Waals surface area contributed by atoms with Crippen LogP contribution in [0.1, 0.15) is 16.8 Å². The molecule has 1 unspecified atom stereocenters. The predicted octanol–water partition coefficient (Wildman–Crippen LogP) is 2.81. The van der Waals surface area contributed by atoms with Crippen LogP contribution in [0.2, 0.25) is 10.0 Å². The Hall–Kier alpha value is -0.580. The smallest absolute Gasteiger partial charge is 0.251 e. The molecule has 0 aromatic heterocycles. The van der Waals surface area contributed by atoms with Crippen LogP contribution in [-0.2, 0) is 0 Å². The standard InChI is InChI=1S/C11H12Cl2N2OS/c12-8-3-6(4-9(14)10(8)13)11(16)15-7-1-2-17-5-7/h3-4,7H,1-2,5,14H2,(H,15,16). The summed E-state index contributed by atoms with van der Waals surface area (Å²) in [5, 5.41) is 3.55. The second-order valence-electron chi connectivity index (χ2n) is 3.90. The fraction of sp³-hybridized carbons (Fsp3) is 0.364. The Kier molecular flexibility index (Phi) is 4.07. The van der Waals surface area contributed by atoms with Gasteiger partial charge in [-0.3, -0.25) is 4.79 Å². The quantitative estimate of drug-likeness (QED) is 0.824. The van der Waals surface area contributed by atoms with Gasteiger partial charge in [0.05, 0.1) is 15.7 Å². The van der Waals surface area contributed by atoms with Gasteiger partial charge in [-0.05, 0) is 24.3 Å². The Morgan fingerprint density at radius 1 is 1.47 bits per heavy atom. The van der Waals surface area contributed by atoms with Crippen molar-refractivity contribution in [3.8, 4) is 0 Å². The molecule has 0 aliphatic carbocycles. The molecule has 0 radical (unpaired) electrons. The van der Waals surface area contributed by atoms with Gasteiger partial charge in [0.15, 0.2) is 0 Å². The third kappa shape index (κ3) is 3.00. The van der Waals surface area contributed by atoms with E-state index < -0.39 is 0 Å². The molecule has 1 fully saturated rings. The number of benzene rings is 1. The van der Waals surface area contributed by atoms with E-state index in [1.165, 1.54) is 6.07 Å². The minimum atomic E-state index is -0.150. The van der Waals surface area contributed by atoms with E-state index in [2.05, 4.69) is 5.32 Å². The maximum atomic E-state index is 11.9. The average Bonchev–Trinajstić information content (AvgIpc) is 2.77. The number of nitrogens with one attached hydrogen (secondary N) is 1. The number of nitrogen functional groups attached to an aromatic ring is 1. The lowest BCUT2D eigenvalue weighted by Crippen LogP contribution is -2.34. The van der Waals surface area contributed by atoms with Gasteiger partial charge in [0.2, 0.25) is 0 Å². The van der Waals surface area contributed by atoms with Gasteiger partial charge in [-0.25, -0.2) is 0 Å². The van der Waals surface area contributed by atoms with E-state index in [0.717, 1.165) is 17.9 Å². The van der Waals surface area contributed by atoms with Gasteiger partial charge in [0.1, 0.15) is 0 Å². The molecule has 1 aliphatic heterocycles. The van der Waals surface area contributed by atoms with Crippen LogP contribution in [-0.4, -0.2) is 23.5 Å². The highest BCUT2D eigenvalue weighted by Crippen LogP contribution is 2.29. The van der Waals surface area contributed by atoms with E-state index in [0.29, 0.717) is 21.3 Å². The van der Waals surface area contributed by atoms with Crippen LogP contribution in [0.5, 0.6) is 0 Å². The Balaban J connectivity index is 2.13. The lowest BCUT2D eigenvalue weighted by Gasteiger charge is -2.12. The van der Waals surface area contributed by atoms with Gasteiger partial charge in [0, 0.05) is 17.4 Å². The van der Waals surface area contributed by atoms with Crippen LogP contribution in [0.4, 0.5) is 5.69 Å². The molecule has 1 atom stereocenters. The number of hydrogen-bond acceptors (Lipinski definition) is 3. The molecular weight excluding hydrogens is 279 g/mol. The first-order valence-corrected chi connectivity index (χ1v) is 7.12. The third-order valence-corrected chi connectivity index (χ3v) is 4.56. The van der Waals surface area contributed by atoms with Crippen molar-refractivity contribution >= 4 is 46.6 Å². The summed E-state index contributed by atoms with van der Waals surface area (Å²) in [6.07, 6.45) is 1.01. The zero-order valence-corrected chi connectivity index (χ0v) is 11.3. The van der Waals surface area contributed by atoms with Crippen molar-refractivity contribution in [1.82, 2.24) is 5.32 Å². The minimum absolute atomic E-state index is 0.150. The van der Waals surface area contributed by atoms with Crippen LogP contribution in [0, 0.1) is 0 Å². The highest BCUT2D eigenvalue weighted by atomic mass is 35.5. The number of carbonyl (C=O) groups is 1. The summed E-state index contributed by atoms with van der Waals surface area (Å²) in [5.74, 6) is 1.90. The van der Waals surface area contributed by atoms with Gasteiger partial charge in [-0.15, -0.1) is 0 Å². The van der Waals surface area contributed by atoms with Crippen molar-refractivity contribution in [2.24, 2.45) is 0 Å². The molecule has 1 heterocycles. The molecule has 1 aliphatic rings. The Labute approximate surface area is 114 Å². The lowest BCUT2D eigenvalue weighted by molar-refractivity contribution is 0.0941. The van der Waals surface area contributed by atoms with Crippen molar-refractivity contribution in [3.05, 3.63) is 27.7 Å². The summed E-state index contributed by atoms with van der Waals surface area (Å²) < 4.78 is 0. The van der Waals surface area contributed by atoms with E-state index in [1.54, 1.807) is 6.07 Å². The lowest BCUT2D eigenvalue weighted by atomic mass is 10.1. The monoisotopic (exact) mass is 290 g/mol. The van der Waals surface area contributed by atoms with Crippen molar-refractivity contribution in [2.45, 2.75) is 12.5 Å². The summed E-state index contributed by atoms with van der Waals surface area (Å²) in [6, 6.07) is 3.33. The van der Waals surface area contributed by atoms with Gasteiger partial charge < -0.3 is 11.1 Å². The maximum absolute atomic E-state index is 11.9. The van der Waals surface area contributed by atoms with E-state index in [4.69, 9.17) is 28.9 Å². The van der Waals surface area contributed by atoms with Crippen LogP contribution in [0.25, 0.3) is 0 Å². The molecule has 17 heavy (non-hydrogen) atoms. The van der Waals surface area contributed by atoms with Gasteiger partial charge in [-0.2, -0.15) is 11.8 Å². The van der Waals surface area contributed by atoms with Crippen LogP contribution < -0.4 is 11.1 Å². The van der Waals surface area contributed by atoms with Crippen LogP contribution in [0.3, 0.4) is 0 Å². The molecule has 1 saturated heterocycles. The van der Waals surface area contributed by atoms with E-state index in [1.807, 2.05) is 11.8 Å². The first-order chi connectivity index (χ1) is 8.08. The predicted molar refractivity (Wildman–Crippen MR) is 74.1 cm³/mol. The number of nitrogens with two attached hydrogens (primary N) is 1. The Morgan fingerprint density at radius 2 is 2.24 bits per heavy atom. The molecular formula is C11H12Cl2N2OS. The van der Waals surface area contributed by atoms with Gasteiger partial charge in [0.25, 0.3) is 5.91 Å². The average molecular weight is 291 g/mol. The molecule has 1 aromatic carbocycles. The van der Waals surface area contributed by atoms with Crippen molar-refractivity contribution < 1.29 is 4.79 Å². The van der Waals surface area contributed by atoms with Crippen LogP contribution >= 0.6 is 35.0 Å². The normalized spacial score (nSPS) is 19.3. The number of amides is 1. The minimum Gasteiger partial charge on any atom is -0.397 e. The van der Waals surface area contributed by atoms with Crippen LogP contribution in [0.15, 0.2) is 12.1 Å². The molecule has 3 N–H and O–H groups in total. The zero-order chi connectivity index (χ0) is 12.4. The van der Waals surface area contributed by atoms with Gasteiger partial charge >= 0.3 is 0 Å². The third-order valence-electron chi connectivity index (χ3n) is 2.58. The fourth-order valence-corrected chi connectivity index (χ4v) is 3.15. The number of halogens is 2. The summed E-state index contributed by atoms with van der Waals surface area (Å²) in [5.41, 5.74) is 6.44.